The van der Waals surface area contributed by atoms with Crippen LogP contribution in [0.3, 0.4) is 0 Å². The Bertz CT molecular complexity index is 1070. The van der Waals surface area contributed by atoms with Gasteiger partial charge in [0.25, 0.3) is 0 Å². The van der Waals surface area contributed by atoms with Gasteiger partial charge in [-0.25, -0.2) is 8.42 Å². The molecular weight excluding hydrogens is 432 g/mol. The molecule has 29 heavy (non-hydrogen) atoms. The van der Waals surface area contributed by atoms with E-state index in [0.717, 1.165) is 10.5 Å². The van der Waals surface area contributed by atoms with E-state index in [1.165, 1.54) is 30.8 Å². The average Bonchev–Trinajstić information content (AvgIpc) is 2.85. The number of benzene rings is 2. The third-order valence-corrected chi connectivity index (χ3v) is 8.31. The summed E-state index contributed by atoms with van der Waals surface area (Å²) < 4.78 is 25.9. The molecule has 1 atom stereocenters. The number of carbonyl (C=O) groups is 2. The van der Waals surface area contributed by atoms with Crippen molar-refractivity contribution in [2.45, 2.75) is 41.7 Å². The molecule has 1 heterocycles. The summed E-state index contributed by atoms with van der Waals surface area (Å²) in [5.41, 5.74) is 1.76. The van der Waals surface area contributed by atoms with Crippen molar-refractivity contribution in [1.29, 1.82) is 0 Å². The van der Waals surface area contributed by atoms with E-state index in [0.29, 0.717) is 28.6 Å². The van der Waals surface area contributed by atoms with Crippen LogP contribution in [0.2, 0.25) is 5.02 Å². The lowest BCUT2D eigenvalue weighted by molar-refractivity contribution is -0.116. The molecule has 154 valence electrons. The minimum Gasteiger partial charge on any atom is -0.326 e. The molecular formula is C20H21ClN2O4S2. The summed E-state index contributed by atoms with van der Waals surface area (Å²) >= 11 is 7.56. The molecule has 0 aliphatic carbocycles. The first-order valence-corrected chi connectivity index (χ1v) is 11.9. The summed E-state index contributed by atoms with van der Waals surface area (Å²) in [6.07, 6.45) is 0.174. The first-order valence-electron chi connectivity index (χ1n) is 9.04. The van der Waals surface area contributed by atoms with Crippen LogP contribution in [0.5, 0.6) is 0 Å². The van der Waals surface area contributed by atoms with Crippen molar-refractivity contribution in [3.63, 3.8) is 0 Å². The van der Waals surface area contributed by atoms with E-state index in [4.69, 9.17) is 11.6 Å². The van der Waals surface area contributed by atoms with Gasteiger partial charge in [0.15, 0.2) is 9.84 Å². The largest absolute Gasteiger partial charge is 0.326 e. The Kier molecular flexibility index (Phi) is 6.55. The van der Waals surface area contributed by atoms with Gasteiger partial charge in [-0.1, -0.05) is 17.7 Å². The second kappa shape index (κ2) is 8.77. The van der Waals surface area contributed by atoms with Gasteiger partial charge in [-0.2, -0.15) is 0 Å². The SMILES string of the molecule is Cc1c(Cl)cccc1NC(=O)C[C@@H](C)S(=O)(=O)c1ccc2c(c1)NC(=O)CCS2. The van der Waals surface area contributed by atoms with E-state index in [1.54, 1.807) is 31.2 Å². The maximum atomic E-state index is 13.0. The van der Waals surface area contributed by atoms with E-state index < -0.39 is 21.0 Å². The van der Waals surface area contributed by atoms with E-state index in [9.17, 15) is 18.0 Å². The van der Waals surface area contributed by atoms with Gasteiger partial charge in [-0.3, -0.25) is 9.59 Å². The highest BCUT2D eigenvalue weighted by Gasteiger charge is 2.27. The number of hydrogen-bond donors (Lipinski definition) is 2. The Balaban J connectivity index is 1.76. The Morgan fingerprint density at radius 1 is 1.31 bits per heavy atom. The summed E-state index contributed by atoms with van der Waals surface area (Å²) in [6.45, 7) is 3.28. The molecule has 6 nitrogen and oxygen atoms in total. The molecule has 2 aromatic rings. The smallest absolute Gasteiger partial charge is 0.225 e. The fourth-order valence-electron chi connectivity index (χ4n) is 2.92. The Labute approximate surface area is 179 Å². The van der Waals surface area contributed by atoms with E-state index in [-0.39, 0.29) is 17.2 Å². The van der Waals surface area contributed by atoms with Crippen LogP contribution in [0, 0.1) is 6.92 Å². The number of fused-ring (bicyclic) bond motifs is 1. The van der Waals surface area contributed by atoms with Crippen molar-refractivity contribution in [1.82, 2.24) is 0 Å². The summed E-state index contributed by atoms with van der Waals surface area (Å²) in [5.74, 6) is 0.0879. The number of halogens is 1. The zero-order valence-electron chi connectivity index (χ0n) is 16.0. The number of carbonyl (C=O) groups excluding carboxylic acids is 2. The van der Waals surface area contributed by atoms with Gasteiger partial charge in [-0.15, -0.1) is 11.8 Å². The second-order valence-corrected chi connectivity index (χ2v) is 10.7. The van der Waals surface area contributed by atoms with Crippen molar-refractivity contribution in [3.05, 3.63) is 47.0 Å². The maximum Gasteiger partial charge on any atom is 0.225 e. The lowest BCUT2D eigenvalue weighted by Crippen LogP contribution is -2.25. The zero-order chi connectivity index (χ0) is 21.2. The molecule has 0 radical (unpaired) electrons. The molecule has 0 fully saturated rings. The predicted octanol–water partition coefficient (Wildman–Crippen LogP) is 4.27. The van der Waals surface area contributed by atoms with Gasteiger partial charge >= 0.3 is 0 Å². The predicted molar refractivity (Wildman–Crippen MR) is 116 cm³/mol. The van der Waals surface area contributed by atoms with Crippen molar-refractivity contribution in [2.75, 3.05) is 16.4 Å². The quantitative estimate of drug-likeness (QED) is 0.706. The van der Waals surface area contributed by atoms with Crippen LogP contribution in [-0.2, 0) is 19.4 Å². The standard InChI is InChI=1S/C20H21ClN2O4S2/c1-12(10-20(25)22-16-5-3-4-15(21)13(16)2)29(26,27)14-6-7-18-17(11-14)23-19(24)8-9-28-18/h3-7,11-12H,8-10H2,1-2H3,(H,22,25)(H,23,24)/t12-/m1/s1. The van der Waals surface area contributed by atoms with Crippen LogP contribution in [0.1, 0.15) is 25.3 Å². The summed E-state index contributed by atoms with van der Waals surface area (Å²) in [4.78, 5) is 25.1. The molecule has 2 aromatic carbocycles. The Morgan fingerprint density at radius 3 is 2.83 bits per heavy atom. The first kappa shape index (κ1) is 21.7. The van der Waals surface area contributed by atoms with Crippen LogP contribution < -0.4 is 10.6 Å². The van der Waals surface area contributed by atoms with Crippen molar-refractivity contribution in [2.24, 2.45) is 0 Å². The number of amides is 2. The second-order valence-electron chi connectivity index (χ2n) is 6.82. The third-order valence-electron chi connectivity index (χ3n) is 4.68. The normalized spacial score (nSPS) is 15.1. The third kappa shape index (κ3) is 4.94. The number of rotatable bonds is 5. The molecule has 0 bridgehead atoms. The highest BCUT2D eigenvalue weighted by atomic mass is 35.5. The number of anilines is 2. The molecule has 1 aliphatic rings. The highest BCUT2D eigenvalue weighted by Crippen LogP contribution is 2.33. The van der Waals surface area contributed by atoms with Gasteiger partial charge in [0.05, 0.1) is 15.8 Å². The maximum absolute atomic E-state index is 13.0. The minimum atomic E-state index is -3.75. The summed E-state index contributed by atoms with van der Waals surface area (Å²) in [5, 5.41) is 5.05. The lowest BCUT2D eigenvalue weighted by atomic mass is 10.2. The number of hydrogen-bond acceptors (Lipinski definition) is 5. The number of sulfone groups is 1. The molecule has 2 N–H and O–H groups in total. The Morgan fingerprint density at radius 2 is 2.07 bits per heavy atom. The lowest BCUT2D eigenvalue weighted by Gasteiger charge is -2.16. The Hall–Kier alpha value is -2.03. The molecule has 3 rings (SSSR count). The van der Waals surface area contributed by atoms with E-state index in [1.807, 2.05) is 0 Å². The fourth-order valence-corrected chi connectivity index (χ4v) is 5.41. The van der Waals surface area contributed by atoms with E-state index >= 15 is 0 Å². The monoisotopic (exact) mass is 452 g/mol. The zero-order valence-corrected chi connectivity index (χ0v) is 18.4. The van der Waals surface area contributed by atoms with Crippen molar-refractivity contribution >= 4 is 56.4 Å². The van der Waals surface area contributed by atoms with E-state index in [2.05, 4.69) is 10.6 Å². The summed E-state index contributed by atoms with van der Waals surface area (Å²) in [6, 6.07) is 9.83. The van der Waals surface area contributed by atoms with Gasteiger partial charge in [-0.05, 0) is 49.7 Å². The van der Waals surface area contributed by atoms with Gasteiger partial charge in [0, 0.05) is 34.2 Å². The molecule has 1 aliphatic heterocycles. The topological polar surface area (TPSA) is 92.3 Å². The average molecular weight is 453 g/mol. The minimum absolute atomic E-state index is 0.0817. The van der Waals surface area contributed by atoms with Crippen LogP contribution >= 0.6 is 23.4 Å². The van der Waals surface area contributed by atoms with Gasteiger partial charge in [0.1, 0.15) is 0 Å². The van der Waals surface area contributed by atoms with Crippen LogP contribution in [0.25, 0.3) is 0 Å². The molecule has 0 saturated carbocycles. The molecule has 2 amide bonds. The molecule has 0 saturated heterocycles. The van der Waals surface area contributed by atoms with Crippen LogP contribution in [-0.4, -0.2) is 31.2 Å². The van der Waals surface area contributed by atoms with Crippen LogP contribution in [0.4, 0.5) is 11.4 Å². The fraction of sp³-hybridized carbons (Fsp3) is 0.300. The summed E-state index contributed by atoms with van der Waals surface area (Å²) in [7, 11) is -3.75. The molecule has 9 heteroatoms. The van der Waals surface area contributed by atoms with Crippen LogP contribution in [0.15, 0.2) is 46.2 Å². The van der Waals surface area contributed by atoms with Gasteiger partial charge < -0.3 is 10.6 Å². The van der Waals surface area contributed by atoms with Crippen molar-refractivity contribution in [3.8, 4) is 0 Å². The number of thioether (sulfide) groups is 1. The molecule has 0 aromatic heterocycles. The number of nitrogens with one attached hydrogen (secondary N) is 2. The molecule has 0 unspecified atom stereocenters. The highest BCUT2D eigenvalue weighted by molar-refractivity contribution is 7.99. The first-order chi connectivity index (χ1) is 13.7. The molecule has 0 spiro atoms. The van der Waals surface area contributed by atoms with Gasteiger partial charge in [0.2, 0.25) is 11.8 Å². The van der Waals surface area contributed by atoms with Crippen molar-refractivity contribution < 1.29 is 18.0 Å².